The largest absolute Gasteiger partial charge is 0.245 e. The number of rotatable bonds is 4. The number of aromatic nitrogens is 1. The number of thioether (sulfide) groups is 1. The van der Waals surface area contributed by atoms with Crippen LogP contribution in [0.15, 0.2) is 11.1 Å². The van der Waals surface area contributed by atoms with Gasteiger partial charge >= 0.3 is 0 Å². The Balaban J connectivity index is 2.20. The highest BCUT2D eigenvalue weighted by molar-refractivity contribution is 7.99. The van der Waals surface area contributed by atoms with Crippen molar-refractivity contribution >= 4 is 23.4 Å². The van der Waals surface area contributed by atoms with Crippen molar-refractivity contribution in [1.29, 1.82) is 5.26 Å². The van der Waals surface area contributed by atoms with Crippen LogP contribution in [0, 0.1) is 11.3 Å². The van der Waals surface area contributed by atoms with Gasteiger partial charge in [-0.3, -0.25) is 0 Å². The Labute approximate surface area is 105 Å². The zero-order chi connectivity index (χ0) is 11.4. The molecule has 0 aliphatic heterocycles. The molecule has 1 aromatic heterocycles. The molecule has 0 spiro atoms. The third-order valence-electron chi connectivity index (χ3n) is 2.65. The number of alkyl halides is 1. The molecule has 0 fully saturated rings. The highest BCUT2D eigenvalue weighted by atomic mass is 35.5. The monoisotopic (exact) mass is 252 g/mol. The lowest BCUT2D eigenvalue weighted by atomic mass is 10.2. The molecule has 4 heteroatoms. The number of nitriles is 1. The van der Waals surface area contributed by atoms with Gasteiger partial charge in [-0.05, 0) is 37.3 Å². The summed E-state index contributed by atoms with van der Waals surface area (Å²) < 4.78 is 0. The summed E-state index contributed by atoms with van der Waals surface area (Å²) in [5.74, 6) is 1.60. The van der Waals surface area contributed by atoms with E-state index in [1.165, 1.54) is 17.7 Å². The molecule has 0 radical (unpaired) electrons. The lowest BCUT2D eigenvalue weighted by Gasteiger charge is -2.05. The van der Waals surface area contributed by atoms with Crippen LogP contribution in [0.25, 0.3) is 0 Å². The Morgan fingerprint density at radius 1 is 1.50 bits per heavy atom. The molecule has 0 atom stereocenters. The first-order valence-electron chi connectivity index (χ1n) is 5.47. The molecular weight excluding hydrogens is 240 g/mol. The molecule has 1 heterocycles. The predicted octanol–water partition coefficient (Wildman–Crippen LogP) is 3.16. The zero-order valence-corrected chi connectivity index (χ0v) is 10.6. The molecule has 1 aromatic rings. The van der Waals surface area contributed by atoms with Crippen molar-refractivity contribution in [1.82, 2.24) is 4.98 Å². The number of hydrogen-bond acceptors (Lipinski definition) is 3. The van der Waals surface area contributed by atoms with E-state index < -0.39 is 0 Å². The summed E-state index contributed by atoms with van der Waals surface area (Å²) in [7, 11) is 0. The van der Waals surface area contributed by atoms with Crippen LogP contribution >= 0.6 is 23.4 Å². The number of nitrogens with zero attached hydrogens (tertiary/aromatic N) is 2. The summed E-state index contributed by atoms with van der Waals surface area (Å²) in [4.78, 5) is 4.59. The molecule has 16 heavy (non-hydrogen) atoms. The average molecular weight is 253 g/mol. The minimum Gasteiger partial charge on any atom is -0.245 e. The van der Waals surface area contributed by atoms with Crippen molar-refractivity contribution in [2.24, 2.45) is 0 Å². The fourth-order valence-corrected chi connectivity index (χ4v) is 3.08. The van der Waals surface area contributed by atoms with Crippen LogP contribution in [0.4, 0.5) is 0 Å². The van der Waals surface area contributed by atoms with Gasteiger partial charge in [0, 0.05) is 17.3 Å². The molecule has 0 bridgehead atoms. The fraction of sp³-hybridized carbons (Fsp3) is 0.500. The Bertz CT molecular complexity index is 426. The van der Waals surface area contributed by atoms with Crippen LogP contribution in [0.2, 0.25) is 0 Å². The molecule has 0 N–H and O–H groups in total. The summed E-state index contributed by atoms with van der Waals surface area (Å²) >= 11 is 7.28. The topological polar surface area (TPSA) is 36.7 Å². The average Bonchev–Trinajstić information content (AvgIpc) is 2.75. The number of pyridine rings is 1. The van der Waals surface area contributed by atoms with Crippen molar-refractivity contribution in [3.05, 3.63) is 22.9 Å². The predicted molar refractivity (Wildman–Crippen MR) is 67.0 cm³/mol. The fourth-order valence-electron chi connectivity index (χ4n) is 1.87. The van der Waals surface area contributed by atoms with Crippen LogP contribution < -0.4 is 0 Å². The maximum absolute atomic E-state index is 9.08. The van der Waals surface area contributed by atoms with Crippen molar-refractivity contribution in [3.63, 3.8) is 0 Å². The maximum atomic E-state index is 9.08. The standard InChI is InChI=1S/C12H13ClN2S/c13-5-2-6-16-12-10(8-14)7-9-3-1-4-11(9)15-12/h7H,1-6H2. The molecule has 0 saturated heterocycles. The number of halogens is 1. The van der Waals surface area contributed by atoms with E-state index in [2.05, 4.69) is 11.1 Å². The van der Waals surface area contributed by atoms with Crippen molar-refractivity contribution < 1.29 is 0 Å². The van der Waals surface area contributed by atoms with Crippen LogP contribution in [0.3, 0.4) is 0 Å². The highest BCUT2D eigenvalue weighted by Crippen LogP contribution is 2.28. The van der Waals surface area contributed by atoms with Gasteiger partial charge in [-0.25, -0.2) is 4.98 Å². The lowest BCUT2D eigenvalue weighted by molar-refractivity contribution is 0.891. The summed E-state index contributed by atoms with van der Waals surface area (Å²) in [6.07, 6.45) is 4.26. The summed E-state index contributed by atoms with van der Waals surface area (Å²) in [6.45, 7) is 0. The molecular formula is C12H13ClN2S. The van der Waals surface area contributed by atoms with Crippen LogP contribution in [0.5, 0.6) is 0 Å². The molecule has 84 valence electrons. The van der Waals surface area contributed by atoms with Gasteiger partial charge in [-0.2, -0.15) is 5.26 Å². The molecule has 0 aromatic carbocycles. The van der Waals surface area contributed by atoms with Crippen molar-refractivity contribution in [3.8, 4) is 6.07 Å². The Hall–Kier alpha value is -0.720. The first kappa shape index (κ1) is 11.8. The molecule has 1 aliphatic carbocycles. The van der Waals surface area contributed by atoms with Gasteiger partial charge in [0.25, 0.3) is 0 Å². The van der Waals surface area contributed by atoms with Gasteiger partial charge in [0.2, 0.25) is 0 Å². The first-order chi connectivity index (χ1) is 7.85. The smallest absolute Gasteiger partial charge is 0.114 e. The van der Waals surface area contributed by atoms with Crippen molar-refractivity contribution in [2.75, 3.05) is 11.6 Å². The van der Waals surface area contributed by atoms with Gasteiger partial charge in [-0.1, -0.05) is 0 Å². The van der Waals surface area contributed by atoms with E-state index in [1.807, 2.05) is 6.07 Å². The summed E-state index contributed by atoms with van der Waals surface area (Å²) in [5.41, 5.74) is 3.17. The third kappa shape index (κ3) is 2.50. The second-order valence-corrected chi connectivity index (χ2v) is 5.26. The second-order valence-electron chi connectivity index (χ2n) is 3.80. The van der Waals surface area contributed by atoms with Crippen LogP contribution in [-0.2, 0) is 12.8 Å². The Morgan fingerprint density at radius 2 is 2.38 bits per heavy atom. The molecule has 2 rings (SSSR count). The van der Waals surface area contributed by atoms with Gasteiger partial charge < -0.3 is 0 Å². The van der Waals surface area contributed by atoms with Gasteiger partial charge in [0.15, 0.2) is 0 Å². The number of aryl methyl sites for hydroxylation is 2. The quantitative estimate of drug-likeness (QED) is 0.469. The summed E-state index contributed by atoms with van der Waals surface area (Å²) in [6, 6.07) is 4.25. The van der Waals surface area contributed by atoms with Crippen molar-refractivity contribution in [2.45, 2.75) is 30.7 Å². The number of hydrogen-bond donors (Lipinski definition) is 0. The summed E-state index contributed by atoms with van der Waals surface area (Å²) in [5, 5.41) is 9.96. The third-order valence-corrected chi connectivity index (χ3v) is 4.00. The highest BCUT2D eigenvalue weighted by Gasteiger charge is 2.16. The molecule has 1 aliphatic rings. The van der Waals surface area contributed by atoms with Gasteiger partial charge in [0.05, 0.1) is 5.56 Å². The zero-order valence-electron chi connectivity index (χ0n) is 9.00. The SMILES string of the molecule is N#Cc1cc2c(nc1SCCCCl)CCC2. The van der Waals surface area contributed by atoms with E-state index in [0.29, 0.717) is 5.88 Å². The molecule has 2 nitrogen and oxygen atoms in total. The normalized spacial score (nSPS) is 13.5. The maximum Gasteiger partial charge on any atom is 0.114 e. The lowest BCUT2D eigenvalue weighted by Crippen LogP contribution is -1.95. The minimum atomic E-state index is 0.666. The van der Waals surface area contributed by atoms with Gasteiger partial charge in [0.1, 0.15) is 11.1 Å². The van der Waals surface area contributed by atoms with Gasteiger partial charge in [-0.15, -0.1) is 23.4 Å². The van der Waals surface area contributed by atoms with E-state index >= 15 is 0 Å². The van der Waals surface area contributed by atoms with Crippen LogP contribution in [-0.4, -0.2) is 16.6 Å². The molecule has 0 unspecified atom stereocenters. The van der Waals surface area contributed by atoms with E-state index in [-0.39, 0.29) is 0 Å². The van der Waals surface area contributed by atoms with Crippen LogP contribution in [0.1, 0.15) is 29.7 Å². The molecule has 0 amide bonds. The van der Waals surface area contributed by atoms with E-state index in [1.54, 1.807) is 11.8 Å². The molecule has 0 saturated carbocycles. The second kappa shape index (κ2) is 5.56. The van der Waals surface area contributed by atoms with E-state index in [0.717, 1.165) is 35.6 Å². The number of fused-ring (bicyclic) bond motifs is 1. The van der Waals surface area contributed by atoms with E-state index in [4.69, 9.17) is 16.9 Å². The first-order valence-corrected chi connectivity index (χ1v) is 6.99. The minimum absolute atomic E-state index is 0.666. The Morgan fingerprint density at radius 3 is 3.12 bits per heavy atom. The van der Waals surface area contributed by atoms with E-state index in [9.17, 15) is 0 Å². The Kier molecular flexibility index (Phi) is 4.09.